The Bertz CT molecular complexity index is 262. The maximum absolute atomic E-state index is 12.0. The SMILES string of the molecule is CCN(CC(C)C(=O)O)C(=O)N1CCCC1. The number of urea groups is 1. The number of carboxylic acids is 1. The Morgan fingerprint density at radius 2 is 1.94 bits per heavy atom. The van der Waals surface area contributed by atoms with Crippen LogP contribution in [-0.2, 0) is 4.79 Å². The van der Waals surface area contributed by atoms with Crippen LogP contribution in [0.4, 0.5) is 4.79 Å². The topological polar surface area (TPSA) is 60.9 Å². The van der Waals surface area contributed by atoms with Gasteiger partial charge in [0.05, 0.1) is 5.92 Å². The fraction of sp³-hybridized carbons (Fsp3) is 0.818. The van der Waals surface area contributed by atoms with E-state index >= 15 is 0 Å². The summed E-state index contributed by atoms with van der Waals surface area (Å²) in [5.41, 5.74) is 0. The second-order valence-corrected chi connectivity index (χ2v) is 4.25. The number of nitrogens with zero attached hydrogens (tertiary/aromatic N) is 2. The normalized spacial score (nSPS) is 17.2. The summed E-state index contributed by atoms with van der Waals surface area (Å²) in [6.07, 6.45) is 2.11. The molecule has 0 aromatic carbocycles. The van der Waals surface area contributed by atoms with Gasteiger partial charge in [0.15, 0.2) is 0 Å². The van der Waals surface area contributed by atoms with E-state index < -0.39 is 11.9 Å². The van der Waals surface area contributed by atoms with Crippen LogP contribution in [0.5, 0.6) is 0 Å². The predicted molar refractivity (Wildman–Crippen MR) is 60.2 cm³/mol. The molecule has 0 aliphatic carbocycles. The van der Waals surface area contributed by atoms with E-state index in [9.17, 15) is 9.59 Å². The molecule has 0 radical (unpaired) electrons. The molecule has 1 aliphatic heterocycles. The van der Waals surface area contributed by atoms with Gasteiger partial charge in [-0.05, 0) is 19.8 Å². The van der Waals surface area contributed by atoms with Gasteiger partial charge in [-0.1, -0.05) is 6.92 Å². The van der Waals surface area contributed by atoms with Crippen molar-refractivity contribution in [3.8, 4) is 0 Å². The lowest BCUT2D eigenvalue weighted by Crippen LogP contribution is -2.44. The molecule has 5 heteroatoms. The number of likely N-dealkylation sites (tertiary alicyclic amines) is 1. The number of hydrogen-bond acceptors (Lipinski definition) is 2. The lowest BCUT2D eigenvalue weighted by molar-refractivity contribution is -0.141. The number of amides is 2. The fourth-order valence-electron chi connectivity index (χ4n) is 1.86. The van der Waals surface area contributed by atoms with Crippen LogP contribution in [-0.4, -0.2) is 53.1 Å². The maximum atomic E-state index is 12.0. The third-order valence-corrected chi connectivity index (χ3v) is 2.94. The summed E-state index contributed by atoms with van der Waals surface area (Å²) < 4.78 is 0. The third-order valence-electron chi connectivity index (χ3n) is 2.94. The summed E-state index contributed by atoms with van der Waals surface area (Å²) in [6.45, 7) is 5.96. The Morgan fingerprint density at radius 3 is 2.38 bits per heavy atom. The van der Waals surface area contributed by atoms with Crippen molar-refractivity contribution in [1.82, 2.24) is 9.80 Å². The molecular formula is C11H20N2O3. The van der Waals surface area contributed by atoms with Gasteiger partial charge in [0, 0.05) is 26.2 Å². The van der Waals surface area contributed by atoms with E-state index in [-0.39, 0.29) is 6.03 Å². The molecule has 2 amide bonds. The van der Waals surface area contributed by atoms with E-state index in [2.05, 4.69) is 0 Å². The lowest BCUT2D eigenvalue weighted by atomic mass is 10.2. The zero-order valence-electron chi connectivity index (χ0n) is 9.98. The highest BCUT2D eigenvalue weighted by molar-refractivity contribution is 5.76. The number of hydrogen-bond donors (Lipinski definition) is 1. The molecule has 92 valence electrons. The molecule has 1 atom stereocenters. The number of aliphatic carboxylic acids is 1. The van der Waals surface area contributed by atoms with Crippen molar-refractivity contribution < 1.29 is 14.7 Å². The average molecular weight is 228 g/mol. The quantitative estimate of drug-likeness (QED) is 0.787. The molecule has 0 aromatic rings. The molecule has 1 N–H and O–H groups in total. The van der Waals surface area contributed by atoms with Gasteiger partial charge < -0.3 is 14.9 Å². The van der Waals surface area contributed by atoms with Crippen LogP contribution in [0.1, 0.15) is 26.7 Å². The summed E-state index contributed by atoms with van der Waals surface area (Å²) in [7, 11) is 0. The highest BCUT2D eigenvalue weighted by atomic mass is 16.4. The van der Waals surface area contributed by atoms with E-state index in [0.717, 1.165) is 25.9 Å². The Hall–Kier alpha value is -1.26. The molecule has 1 unspecified atom stereocenters. The Morgan fingerprint density at radius 1 is 1.38 bits per heavy atom. The van der Waals surface area contributed by atoms with Crippen molar-refractivity contribution in [3.63, 3.8) is 0 Å². The molecule has 0 saturated carbocycles. The number of rotatable bonds is 4. The summed E-state index contributed by atoms with van der Waals surface area (Å²) in [5.74, 6) is -1.36. The van der Waals surface area contributed by atoms with Crippen LogP contribution < -0.4 is 0 Å². The van der Waals surface area contributed by atoms with Crippen LogP contribution >= 0.6 is 0 Å². The largest absolute Gasteiger partial charge is 0.481 e. The van der Waals surface area contributed by atoms with Gasteiger partial charge in [0.25, 0.3) is 0 Å². The minimum atomic E-state index is -0.854. The summed E-state index contributed by atoms with van der Waals surface area (Å²) in [5, 5.41) is 8.82. The minimum absolute atomic E-state index is 0.0203. The fourth-order valence-corrected chi connectivity index (χ4v) is 1.86. The molecule has 1 rings (SSSR count). The number of carbonyl (C=O) groups is 2. The summed E-state index contributed by atoms with van der Waals surface area (Å²) in [4.78, 5) is 26.2. The molecule has 5 nitrogen and oxygen atoms in total. The predicted octanol–water partition coefficient (Wildman–Crippen LogP) is 1.24. The van der Waals surface area contributed by atoms with Crippen molar-refractivity contribution >= 4 is 12.0 Å². The number of carbonyl (C=O) groups excluding carboxylic acids is 1. The highest BCUT2D eigenvalue weighted by Gasteiger charge is 2.25. The molecule has 16 heavy (non-hydrogen) atoms. The van der Waals surface area contributed by atoms with Crippen LogP contribution in [0.3, 0.4) is 0 Å². The van der Waals surface area contributed by atoms with Gasteiger partial charge in [-0.3, -0.25) is 4.79 Å². The third kappa shape index (κ3) is 3.12. The average Bonchev–Trinajstić information content (AvgIpc) is 2.77. The first-order chi connectivity index (χ1) is 7.56. The van der Waals surface area contributed by atoms with Gasteiger partial charge in [-0.15, -0.1) is 0 Å². The van der Waals surface area contributed by atoms with Crippen LogP contribution in [0.25, 0.3) is 0 Å². The van der Waals surface area contributed by atoms with Gasteiger partial charge >= 0.3 is 12.0 Å². The van der Waals surface area contributed by atoms with Gasteiger partial charge in [-0.25, -0.2) is 4.79 Å². The second kappa shape index (κ2) is 5.72. The zero-order chi connectivity index (χ0) is 12.1. The molecule has 1 fully saturated rings. The summed E-state index contributed by atoms with van der Waals surface area (Å²) >= 11 is 0. The first-order valence-electron chi connectivity index (χ1n) is 5.83. The van der Waals surface area contributed by atoms with Gasteiger partial charge in [0.2, 0.25) is 0 Å². The molecule has 0 aromatic heterocycles. The van der Waals surface area contributed by atoms with E-state index in [1.165, 1.54) is 0 Å². The van der Waals surface area contributed by atoms with Crippen LogP contribution in [0.15, 0.2) is 0 Å². The Balaban J connectivity index is 2.52. The van der Waals surface area contributed by atoms with Crippen molar-refractivity contribution in [3.05, 3.63) is 0 Å². The first kappa shape index (κ1) is 12.8. The Labute approximate surface area is 96.0 Å². The van der Waals surface area contributed by atoms with Crippen LogP contribution in [0, 0.1) is 5.92 Å². The van der Waals surface area contributed by atoms with Crippen molar-refractivity contribution in [1.29, 1.82) is 0 Å². The van der Waals surface area contributed by atoms with E-state index in [0.29, 0.717) is 13.1 Å². The lowest BCUT2D eigenvalue weighted by Gasteiger charge is -2.28. The first-order valence-corrected chi connectivity index (χ1v) is 5.83. The standard InChI is InChI=1S/C11H20N2O3/c1-3-12(8-9(2)10(14)15)11(16)13-6-4-5-7-13/h9H,3-8H2,1-2H3,(H,14,15). The smallest absolute Gasteiger partial charge is 0.320 e. The second-order valence-electron chi connectivity index (χ2n) is 4.25. The maximum Gasteiger partial charge on any atom is 0.320 e. The number of carboxylic acid groups (broad SMARTS) is 1. The van der Waals surface area contributed by atoms with Crippen molar-refractivity contribution in [2.75, 3.05) is 26.2 Å². The van der Waals surface area contributed by atoms with Crippen LogP contribution in [0.2, 0.25) is 0 Å². The van der Waals surface area contributed by atoms with Gasteiger partial charge in [-0.2, -0.15) is 0 Å². The van der Waals surface area contributed by atoms with Gasteiger partial charge in [0.1, 0.15) is 0 Å². The molecule has 1 heterocycles. The molecule has 1 aliphatic rings. The van der Waals surface area contributed by atoms with Crippen molar-refractivity contribution in [2.45, 2.75) is 26.7 Å². The highest BCUT2D eigenvalue weighted by Crippen LogP contribution is 2.11. The Kier molecular flexibility index (Phi) is 4.58. The van der Waals surface area contributed by atoms with E-state index in [4.69, 9.17) is 5.11 Å². The zero-order valence-corrected chi connectivity index (χ0v) is 9.98. The molecular weight excluding hydrogens is 208 g/mol. The molecule has 0 spiro atoms. The van der Waals surface area contributed by atoms with E-state index in [1.807, 2.05) is 6.92 Å². The monoisotopic (exact) mass is 228 g/mol. The minimum Gasteiger partial charge on any atom is -0.481 e. The summed E-state index contributed by atoms with van der Waals surface area (Å²) in [6, 6.07) is -0.0203. The van der Waals surface area contributed by atoms with Crippen molar-refractivity contribution in [2.24, 2.45) is 5.92 Å². The molecule has 0 bridgehead atoms. The van der Waals surface area contributed by atoms with E-state index in [1.54, 1.807) is 16.7 Å². The molecule has 1 saturated heterocycles.